The van der Waals surface area contributed by atoms with Gasteiger partial charge in [-0.25, -0.2) is 8.42 Å². The van der Waals surface area contributed by atoms with Crippen molar-refractivity contribution in [2.75, 3.05) is 30.3 Å². The molecule has 1 fully saturated rings. The van der Waals surface area contributed by atoms with Crippen LogP contribution < -0.4 is 5.73 Å². The molecule has 0 aliphatic carbocycles. The third-order valence-corrected chi connectivity index (χ3v) is 5.79. The van der Waals surface area contributed by atoms with Crippen LogP contribution in [0.2, 0.25) is 0 Å². The van der Waals surface area contributed by atoms with E-state index in [2.05, 4.69) is 0 Å². The smallest absolute Gasteiger partial charge is 0.243 e. The van der Waals surface area contributed by atoms with Crippen LogP contribution in [0.3, 0.4) is 0 Å². The summed E-state index contributed by atoms with van der Waals surface area (Å²) in [6.45, 7) is 2.97. The van der Waals surface area contributed by atoms with E-state index in [1.165, 1.54) is 0 Å². The third kappa shape index (κ3) is 2.59. The SMILES string of the molecule is Cc1cc(N)ccc1S(=O)(=O)N1CCSCC1. The number of hydrogen-bond acceptors (Lipinski definition) is 4. The predicted octanol–water partition coefficient (Wildman–Crippen LogP) is 1.31. The summed E-state index contributed by atoms with van der Waals surface area (Å²) in [4.78, 5) is 0.374. The topological polar surface area (TPSA) is 63.4 Å². The molecule has 0 aromatic heterocycles. The summed E-state index contributed by atoms with van der Waals surface area (Å²) >= 11 is 1.79. The van der Waals surface area contributed by atoms with Gasteiger partial charge < -0.3 is 5.73 Å². The average molecular weight is 272 g/mol. The maximum Gasteiger partial charge on any atom is 0.243 e. The van der Waals surface area contributed by atoms with Gasteiger partial charge in [-0.2, -0.15) is 16.1 Å². The second-order valence-corrected chi connectivity index (χ2v) is 7.17. The van der Waals surface area contributed by atoms with Crippen molar-refractivity contribution in [3.8, 4) is 0 Å². The first-order valence-electron chi connectivity index (χ1n) is 5.46. The minimum atomic E-state index is -3.35. The van der Waals surface area contributed by atoms with E-state index < -0.39 is 10.0 Å². The number of anilines is 1. The zero-order valence-electron chi connectivity index (χ0n) is 9.72. The van der Waals surface area contributed by atoms with E-state index in [9.17, 15) is 8.42 Å². The first kappa shape index (κ1) is 12.7. The number of benzene rings is 1. The molecule has 4 nitrogen and oxygen atoms in total. The second kappa shape index (κ2) is 4.88. The summed E-state index contributed by atoms with van der Waals surface area (Å²) in [5.74, 6) is 1.74. The quantitative estimate of drug-likeness (QED) is 0.825. The molecule has 1 aromatic rings. The molecule has 0 unspecified atom stereocenters. The fourth-order valence-corrected chi connectivity index (χ4v) is 4.67. The van der Waals surface area contributed by atoms with Gasteiger partial charge in [0.2, 0.25) is 10.0 Å². The van der Waals surface area contributed by atoms with Crippen molar-refractivity contribution in [1.82, 2.24) is 4.31 Å². The van der Waals surface area contributed by atoms with Crippen LogP contribution in [-0.4, -0.2) is 37.3 Å². The molecule has 2 rings (SSSR count). The number of sulfonamides is 1. The maximum atomic E-state index is 12.4. The summed E-state index contributed by atoms with van der Waals surface area (Å²) in [7, 11) is -3.35. The summed E-state index contributed by atoms with van der Waals surface area (Å²) in [5.41, 5.74) is 6.94. The number of hydrogen-bond donors (Lipinski definition) is 1. The van der Waals surface area contributed by atoms with Crippen molar-refractivity contribution in [1.29, 1.82) is 0 Å². The van der Waals surface area contributed by atoms with Crippen LogP contribution in [0, 0.1) is 6.92 Å². The number of nitrogens with zero attached hydrogens (tertiary/aromatic N) is 1. The summed E-state index contributed by atoms with van der Waals surface area (Å²) in [6, 6.07) is 4.94. The Labute approximate surface area is 106 Å². The third-order valence-electron chi connectivity index (χ3n) is 2.79. The van der Waals surface area contributed by atoms with Crippen molar-refractivity contribution in [2.24, 2.45) is 0 Å². The van der Waals surface area contributed by atoms with Gasteiger partial charge in [-0.3, -0.25) is 0 Å². The highest BCUT2D eigenvalue weighted by molar-refractivity contribution is 7.99. The lowest BCUT2D eigenvalue weighted by Gasteiger charge is -2.26. The normalized spacial score (nSPS) is 18.2. The zero-order valence-corrected chi connectivity index (χ0v) is 11.4. The van der Waals surface area contributed by atoms with E-state index in [-0.39, 0.29) is 0 Å². The van der Waals surface area contributed by atoms with Gasteiger partial charge in [-0.1, -0.05) is 0 Å². The Morgan fingerprint density at radius 2 is 1.94 bits per heavy atom. The standard InChI is InChI=1S/C11H16N2O2S2/c1-9-8-10(12)2-3-11(9)17(14,15)13-4-6-16-7-5-13/h2-3,8H,4-7,12H2,1H3. The number of aryl methyl sites for hydroxylation is 1. The number of thioether (sulfide) groups is 1. The Kier molecular flexibility index (Phi) is 3.65. The number of nitrogen functional groups attached to an aromatic ring is 1. The molecule has 17 heavy (non-hydrogen) atoms. The molecule has 0 radical (unpaired) electrons. The lowest BCUT2D eigenvalue weighted by atomic mass is 10.2. The summed E-state index contributed by atoms with van der Waals surface area (Å²) in [5, 5.41) is 0. The van der Waals surface area contributed by atoms with Crippen LogP contribution in [0.1, 0.15) is 5.56 Å². The van der Waals surface area contributed by atoms with E-state index in [0.717, 1.165) is 11.5 Å². The van der Waals surface area contributed by atoms with E-state index in [0.29, 0.717) is 29.2 Å². The molecule has 2 N–H and O–H groups in total. The first-order valence-corrected chi connectivity index (χ1v) is 8.05. The minimum absolute atomic E-state index is 0.374. The van der Waals surface area contributed by atoms with Gasteiger partial charge in [-0.15, -0.1) is 0 Å². The number of nitrogens with two attached hydrogens (primary N) is 1. The van der Waals surface area contributed by atoms with E-state index in [4.69, 9.17) is 5.73 Å². The average Bonchev–Trinajstić information content (AvgIpc) is 2.29. The predicted molar refractivity (Wildman–Crippen MR) is 71.7 cm³/mol. The highest BCUT2D eigenvalue weighted by atomic mass is 32.2. The molecular formula is C11H16N2O2S2. The van der Waals surface area contributed by atoms with Crippen LogP contribution >= 0.6 is 11.8 Å². The molecule has 1 saturated heterocycles. The molecule has 0 spiro atoms. The van der Waals surface area contributed by atoms with Crippen LogP contribution in [0.15, 0.2) is 23.1 Å². The van der Waals surface area contributed by atoms with Crippen molar-refractivity contribution in [2.45, 2.75) is 11.8 Å². The van der Waals surface area contributed by atoms with Crippen molar-refractivity contribution < 1.29 is 8.42 Å². The maximum absolute atomic E-state index is 12.4. The summed E-state index contributed by atoms with van der Waals surface area (Å²) in [6.07, 6.45) is 0. The van der Waals surface area contributed by atoms with E-state index in [1.807, 2.05) is 0 Å². The first-order chi connectivity index (χ1) is 8.01. The Balaban J connectivity index is 2.37. The van der Waals surface area contributed by atoms with Crippen molar-refractivity contribution in [3.05, 3.63) is 23.8 Å². The van der Waals surface area contributed by atoms with Crippen molar-refractivity contribution in [3.63, 3.8) is 0 Å². The second-order valence-electron chi connectivity index (χ2n) is 4.04. The Bertz CT molecular complexity index is 508. The van der Waals surface area contributed by atoms with Gasteiger partial charge in [0, 0.05) is 30.3 Å². The highest BCUT2D eigenvalue weighted by Gasteiger charge is 2.27. The van der Waals surface area contributed by atoms with Crippen LogP contribution in [-0.2, 0) is 10.0 Å². The van der Waals surface area contributed by atoms with Crippen LogP contribution in [0.4, 0.5) is 5.69 Å². The Hall–Kier alpha value is -0.720. The molecular weight excluding hydrogens is 256 g/mol. The largest absolute Gasteiger partial charge is 0.399 e. The van der Waals surface area contributed by atoms with Gasteiger partial charge in [-0.05, 0) is 30.7 Å². The van der Waals surface area contributed by atoms with Gasteiger partial charge >= 0.3 is 0 Å². The fraction of sp³-hybridized carbons (Fsp3) is 0.455. The molecule has 6 heteroatoms. The lowest BCUT2D eigenvalue weighted by Crippen LogP contribution is -2.38. The van der Waals surface area contributed by atoms with Gasteiger partial charge in [0.1, 0.15) is 0 Å². The fourth-order valence-electron chi connectivity index (χ4n) is 1.89. The zero-order chi connectivity index (χ0) is 12.5. The van der Waals surface area contributed by atoms with Crippen molar-refractivity contribution >= 4 is 27.5 Å². The van der Waals surface area contributed by atoms with Gasteiger partial charge in [0.05, 0.1) is 4.90 Å². The molecule has 1 aromatic carbocycles. The van der Waals surface area contributed by atoms with Gasteiger partial charge in [0.25, 0.3) is 0 Å². The number of rotatable bonds is 2. The van der Waals surface area contributed by atoms with Crippen LogP contribution in [0.25, 0.3) is 0 Å². The minimum Gasteiger partial charge on any atom is -0.399 e. The van der Waals surface area contributed by atoms with E-state index in [1.54, 1.807) is 41.2 Å². The molecule has 1 aliphatic rings. The lowest BCUT2D eigenvalue weighted by molar-refractivity contribution is 0.443. The molecule has 1 aliphatic heterocycles. The van der Waals surface area contributed by atoms with Gasteiger partial charge in [0.15, 0.2) is 0 Å². The van der Waals surface area contributed by atoms with E-state index >= 15 is 0 Å². The monoisotopic (exact) mass is 272 g/mol. The molecule has 0 bridgehead atoms. The molecule has 1 heterocycles. The molecule has 0 saturated carbocycles. The summed E-state index contributed by atoms with van der Waals surface area (Å²) < 4.78 is 26.3. The Morgan fingerprint density at radius 3 is 2.53 bits per heavy atom. The highest BCUT2D eigenvalue weighted by Crippen LogP contribution is 2.24. The Morgan fingerprint density at radius 1 is 1.29 bits per heavy atom. The van der Waals surface area contributed by atoms with Crippen LogP contribution in [0.5, 0.6) is 0 Å². The molecule has 0 atom stereocenters. The molecule has 94 valence electrons. The molecule has 0 amide bonds.